The quantitative estimate of drug-likeness (QED) is 0.103. The number of esters is 1. The van der Waals surface area contributed by atoms with Crippen LogP contribution in [0.2, 0.25) is 0 Å². The molecule has 0 aromatic heterocycles. The Balaban J connectivity index is 4.36. The predicted molar refractivity (Wildman–Crippen MR) is 339 cm³/mol. The second-order valence-electron chi connectivity index (χ2n) is 26.8. The number of nitrogens with one attached hydrogen (secondary N) is 4. The van der Waals surface area contributed by atoms with Crippen molar-refractivity contribution in [3.63, 3.8) is 0 Å². The van der Waals surface area contributed by atoms with Crippen molar-refractivity contribution in [2.75, 3.05) is 63.0 Å². The van der Waals surface area contributed by atoms with E-state index in [-0.39, 0.29) is 68.6 Å². The highest BCUT2D eigenvalue weighted by Crippen LogP contribution is 2.26. The molecule has 1 rings (SSSR count). The number of methoxy groups -OCH3 is 1. The molecule has 0 radical (unpaired) electrons. The van der Waals surface area contributed by atoms with E-state index in [2.05, 4.69) is 21.3 Å². The molecule has 508 valence electrons. The van der Waals surface area contributed by atoms with Gasteiger partial charge in [0.05, 0.1) is 26.2 Å². The van der Waals surface area contributed by atoms with Crippen LogP contribution in [0, 0.1) is 41.4 Å². The number of likely N-dealkylation sites (N-methyl/N-ethyl adjacent to an activating group) is 7. The van der Waals surface area contributed by atoms with Gasteiger partial charge in [0.25, 0.3) is 0 Å². The van der Waals surface area contributed by atoms with Crippen molar-refractivity contribution in [3.8, 4) is 0 Å². The van der Waals surface area contributed by atoms with Crippen LogP contribution < -0.4 is 21.3 Å². The molecule has 0 spiro atoms. The molecule has 0 aliphatic carbocycles. The zero-order chi connectivity index (χ0) is 69.0. The van der Waals surface area contributed by atoms with E-state index in [0.717, 1.165) is 9.80 Å². The summed E-state index contributed by atoms with van der Waals surface area (Å²) in [6.45, 7) is 27.2. The molecule has 1 saturated heterocycles. The molecule has 0 unspecified atom stereocenters. The summed E-state index contributed by atoms with van der Waals surface area (Å²) >= 11 is 0. The Hall–Kier alpha value is -6.66. The van der Waals surface area contributed by atoms with Crippen molar-refractivity contribution < 1.29 is 67.4 Å². The lowest BCUT2D eigenvalue weighted by Gasteiger charge is -2.41. The molecule has 1 aliphatic heterocycles. The van der Waals surface area contributed by atoms with Gasteiger partial charge in [-0.3, -0.25) is 57.5 Å². The summed E-state index contributed by atoms with van der Waals surface area (Å²) in [6, 6.07) is -12.7. The summed E-state index contributed by atoms with van der Waals surface area (Å²) in [4.78, 5) is 181. The SMILES string of the molecule is CC[C@H]1NC(=O)[C@H]([C@H](O)[C@H](C)C/C=C/CC(=O)OC)N(C)C(=O)[C@@H](C(C)C)N(C)C(=O)[C@H](CC(C)C)N(C)C(=O)[C@H](CC(C)C)N(C)C(=O)[C@@H](C)NC(=O)[C@@H](C)NC(=O)[C@H](CC(C)C)N(C)C(=O)[C@@H](C(C)C)NC(=O)[C@H](CC(C)C)N(C)C(=O)CN(C)C1=O. The summed E-state index contributed by atoms with van der Waals surface area (Å²) in [5.41, 5.74) is 0. The first-order valence-electron chi connectivity index (χ1n) is 31.6. The summed E-state index contributed by atoms with van der Waals surface area (Å²) in [5.74, 6) is -10.8. The highest BCUT2D eigenvalue weighted by molar-refractivity contribution is 5.99. The van der Waals surface area contributed by atoms with Gasteiger partial charge >= 0.3 is 5.97 Å². The number of allylic oxidation sites excluding steroid dienone is 1. The second kappa shape index (κ2) is 36.9. The van der Waals surface area contributed by atoms with Gasteiger partial charge in [-0.25, -0.2) is 0 Å². The average molecular weight is 1260 g/mol. The van der Waals surface area contributed by atoms with E-state index < -0.39 is 162 Å². The standard InChI is InChI=1S/C64H113N11O14/c1-25-44-60(84)69(17)34-49(76)70(18)45(30-35(2)3)57(81)68-51(39(10)11)63(87)71(19)46(31-36(4)5)56(80)65-42(15)55(79)66-43(16)59(83)72(20)47(32-37(6)7)61(85)73(21)48(33-38(8)9)62(86)74(22)52(40(12)13)64(88)75(23)53(58(82)67-44)54(78)41(14)28-26-27-29-50(77)89-24/h26-27,35-48,51-54,78H,25,28-34H2,1-24H3,(H,65,80)(H,66,79)(H,67,82)(H,68,81)/b27-26+/t41-,42-,43-,44-,45+,46+,47+,48+,51-,52-,53+,54-/m1/s1. The lowest BCUT2D eigenvalue weighted by atomic mass is 9.91. The van der Waals surface area contributed by atoms with Gasteiger partial charge in [-0.15, -0.1) is 0 Å². The van der Waals surface area contributed by atoms with Crippen LogP contribution in [0.5, 0.6) is 0 Å². The monoisotopic (exact) mass is 1260 g/mol. The zero-order valence-electron chi connectivity index (χ0n) is 58.1. The molecule has 0 aromatic rings. The van der Waals surface area contributed by atoms with Crippen molar-refractivity contribution in [2.45, 2.75) is 222 Å². The minimum absolute atomic E-state index is 0.0211. The minimum Gasteiger partial charge on any atom is -0.469 e. The van der Waals surface area contributed by atoms with Crippen LogP contribution in [-0.2, 0) is 62.3 Å². The molecule has 1 fully saturated rings. The van der Waals surface area contributed by atoms with Gasteiger partial charge in [0.2, 0.25) is 65.0 Å². The maximum absolute atomic E-state index is 15.2. The fraction of sp³-hybridized carbons (Fsp3) is 0.781. The fourth-order valence-corrected chi connectivity index (χ4v) is 10.9. The third kappa shape index (κ3) is 23.3. The average Bonchev–Trinajstić information content (AvgIpc) is 0.923. The number of aliphatic hydroxyl groups excluding tert-OH is 1. The van der Waals surface area contributed by atoms with E-state index >= 15 is 9.59 Å². The van der Waals surface area contributed by atoms with E-state index in [9.17, 15) is 53.1 Å². The zero-order valence-corrected chi connectivity index (χ0v) is 58.1. The van der Waals surface area contributed by atoms with Gasteiger partial charge in [0.15, 0.2) is 0 Å². The Morgan fingerprint density at radius 2 is 0.921 bits per heavy atom. The third-order valence-electron chi connectivity index (χ3n) is 16.5. The number of ether oxygens (including phenoxy) is 1. The fourth-order valence-electron chi connectivity index (χ4n) is 10.9. The molecular weight excluding hydrogens is 1150 g/mol. The summed E-state index contributed by atoms with van der Waals surface area (Å²) in [7, 11) is 11.0. The van der Waals surface area contributed by atoms with E-state index in [1.54, 1.807) is 53.7 Å². The van der Waals surface area contributed by atoms with E-state index in [1.807, 2.05) is 55.4 Å². The van der Waals surface area contributed by atoms with E-state index in [0.29, 0.717) is 0 Å². The first kappa shape index (κ1) is 80.4. The second-order valence-corrected chi connectivity index (χ2v) is 26.8. The van der Waals surface area contributed by atoms with Crippen LogP contribution in [0.1, 0.15) is 156 Å². The van der Waals surface area contributed by atoms with Crippen molar-refractivity contribution in [1.82, 2.24) is 55.6 Å². The molecule has 1 heterocycles. The van der Waals surface area contributed by atoms with Gasteiger partial charge in [-0.2, -0.15) is 0 Å². The molecule has 11 amide bonds. The highest BCUT2D eigenvalue weighted by Gasteiger charge is 2.46. The Bertz CT molecular complexity index is 2470. The van der Waals surface area contributed by atoms with Crippen molar-refractivity contribution >= 4 is 70.9 Å². The molecule has 0 saturated carbocycles. The van der Waals surface area contributed by atoms with Gasteiger partial charge < -0.3 is 65.4 Å². The first-order valence-corrected chi connectivity index (χ1v) is 31.6. The highest BCUT2D eigenvalue weighted by atomic mass is 16.5. The van der Waals surface area contributed by atoms with Crippen molar-refractivity contribution in [3.05, 3.63) is 12.2 Å². The van der Waals surface area contributed by atoms with Crippen LogP contribution in [0.25, 0.3) is 0 Å². The van der Waals surface area contributed by atoms with Crippen molar-refractivity contribution in [1.29, 1.82) is 0 Å². The maximum Gasteiger partial charge on any atom is 0.309 e. The van der Waals surface area contributed by atoms with Gasteiger partial charge in [0, 0.05) is 49.3 Å². The van der Waals surface area contributed by atoms with Crippen LogP contribution in [0.4, 0.5) is 0 Å². The topological polar surface area (TPSA) is 305 Å². The molecule has 25 nitrogen and oxygen atoms in total. The smallest absolute Gasteiger partial charge is 0.309 e. The predicted octanol–water partition coefficient (Wildman–Crippen LogP) is 2.81. The first-order chi connectivity index (χ1) is 41.1. The molecule has 89 heavy (non-hydrogen) atoms. The molecular formula is C64H113N11O14. The van der Waals surface area contributed by atoms with E-state index in [4.69, 9.17) is 4.74 Å². The summed E-state index contributed by atoms with van der Waals surface area (Å²) in [5, 5.41) is 23.2. The van der Waals surface area contributed by atoms with Gasteiger partial charge in [0.1, 0.15) is 60.4 Å². The molecule has 12 atom stereocenters. The third-order valence-corrected chi connectivity index (χ3v) is 16.5. The normalized spacial score (nSPS) is 26.1. The van der Waals surface area contributed by atoms with E-state index in [1.165, 1.54) is 94.8 Å². The number of hydrogen-bond acceptors (Lipinski definition) is 14. The van der Waals surface area contributed by atoms with Gasteiger partial charge in [-0.05, 0) is 93.8 Å². The Kier molecular flexibility index (Phi) is 33.3. The molecule has 0 aromatic carbocycles. The van der Waals surface area contributed by atoms with Gasteiger partial charge in [-0.1, -0.05) is 109 Å². The number of carbonyl (C=O) groups is 12. The Morgan fingerprint density at radius 1 is 0.494 bits per heavy atom. The number of nitrogens with zero attached hydrogens (tertiary/aromatic N) is 7. The Labute approximate surface area is 530 Å². The molecule has 25 heteroatoms. The molecule has 0 bridgehead atoms. The lowest BCUT2D eigenvalue weighted by Crippen LogP contribution is -2.63. The van der Waals surface area contributed by atoms with Crippen molar-refractivity contribution in [2.24, 2.45) is 41.4 Å². The maximum atomic E-state index is 15.2. The molecule has 5 N–H and O–H groups in total. The lowest BCUT2D eigenvalue weighted by molar-refractivity contribution is -0.157. The van der Waals surface area contributed by atoms with Crippen LogP contribution in [0.3, 0.4) is 0 Å². The Morgan fingerprint density at radius 3 is 1.38 bits per heavy atom. The van der Waals surface area contributed by atoms with Crippen LogP contribution >= 0.6 is 0 Å². The molecule has 1 aliphatic rings. The number of amides is 11. The number of aliphatic hydroxyl groups is 1. The van der Waals surface area contributed by atoms with Crippen LogP contribution in [-0.4, -0.2) is 240 Å². The summed E-state index contributed by atoms with van der Waals surface area (Å²) in [6.07, 6.45) is 2.10. The van der Waals surface area contributed by atoms with Crippen LogP contribution in [0.15, 0.2) is 12.2 Å². The number of carbonyl (C=O) groups excluding carboxylic acids is 12. The minimum atomic E-state index is -1.71. The number of hydrogen-bond donors (Lipinski definition) is 5. The number of rotatable bonds is 17. The summed E-state index contributed by atoms with van der Waals surface area (Å²) < 4.78 is 4.74. The largest absolute Gasteiger partial charge is 0.469 e.